The van der Waals surface area contributed by atoms with Crippen LogP contribution in [-0.4, -0.2) is 87.2 Å². The van der Waals surface area contributed by atoms with Crippen LogP contribution in [0.4, 0.5) is 13.2 Å². The number of rotatable bonds is 23. The molecular weight excluding hydrogens is 760 g/mol. The van der Waals surface area contributed by atoms with Crippen molar-refractivity contribution >= 4 is 44.5 Å². The van der Waals surface area contributed by atoms with E-state index in [9.17, 15) is 41.1 Å². The molecular formula is C37H46F3N7O8S. The van der Waals surface area contributed by atoms with E-state index in [1.165, 1.54) is 0 Å². The van der Waals surface area contributed by atoms with Gasteiger partial charge >= 0.3 is 6.18 Å². The van der Waals surface area contributed by atoms with Crippen LogP contribution in [0.15, 0.2) is 58.6 Å². The number of hydrogen-bond acceptors (Lipinski definition) is 9. The minimum atomic E-state index is -4.60. The predicted octanol–water partition coefficient (Wildman–Crippen LogP) is 4.44. The molecule has 1 heterocycles. The van der Waals surface area contributed by atoms with Gasteiger partial charge < -0.3 is 35.9 Å². The maximum atomic E-state index is 12.9. The van der Waals surface area contributed by atoms with Crippen LogP contribution < -0.4 is 16.8 Å². The molecule has 2 aromatic carbocycles. The van der Waals surface area contributed by atoms with Gasteiger partial charge in [0, 0.05) is 71.7 Å². The summed E-state index contributed by atoms with van der Waals surface area (Å²) >= 11 is 0. The Bertz CT molecular complexity index is 2050. The monoisotopic (exact) mass is 805 g/mol. The molecule has 3 aromatic rings. The highest BCUT2D eigenvalue weighted by atomic mass is 32.2. The van der Waals surface area contributed by atoms with Crippen LogP contribution in [0.3, 0.4) is 0 Å². The Morgan fingerprint density at radius 2 is 1.75 bits per heavy atom. The molecule has 0 bridgehead atoms. The van der Waals surface area contributed by atoms with E-state index >= 15 is 0 Å². The Kier molecular flexibility index (Phi) is 15.5. The van der Waals surface area contributed by atoms with Crippen molar-refractivity contribution in [3.8, 4) is 0 Å². The number of alkyl halides is 3. The van der Waals surface area contributed by atoms with Crippen molar-refractivity contribution in [2.45, 2.75) is 68.7 Å². The quantitative estimate of drug-likeness (QED) is 0.0461. The molecule has 0 aliphatic heterocycles. The van der Waals surface area contributed by atoms with Gasteiger partial charge in [0.2, 0.25) is 17.7 Å². The van der Waals surface area contributed by atoms with E-state index in [0.29, 0.717) is 56.5 Å². The van der Waals surface area contributed by atoms with E-state index in [1.54, 1.807) is 24.3 Å². The average molecular weight is 806 g/mol. The highest BCUT2D eigenvalue weighted by Crippen LogP contribution is 2.40. The maximum Gasteiger partial charge on any atom is 0.416 e. The summed E-state index contributed by atoms with van der Waals surface area (Å²) in [6.07, 6.45) is -0.259. The van der Waals surface area contributed by atoms with Gasteiger partial charge in [-0.15, -0.1) is 0 Å². The molecule has 4 rings (SSSR count). The van der Waals surface area contributed by atoms with Gasteiger partial charge in [-0.3, -0.25) is 14.4 Å². The number of fused-ring (bicyclic) bond motifs is 3. The normalized spacial score (nSPS) is 15.9. The van der Waals surface area contributed by atoms with Crippen LogP contribution in [0.25, 0.3) is 27.4 Å². The van der Waals surface area contributed by atoms with Crippen molar-refractivity contribution in [1.82, 2.24) is 9.88 Å². The molecule has 2 atom stereocenters. The number of amides is 3. The smallest absolute Gasteiger partial charge is 0.392 e. The molecule has 6 N–H and O–H groups in total. The number of aliphatic hydroxyl groups is 1. The summed E-state index contributed by atoms with van der Waals surface area (Å²) in [4.78, 5) is 39.9. The molecule has 2 unspecified atom stereocenters. The molecule has 1 aromatic heterocycles. The minimum Gasteiger partial charge on any atom is -0.392 e. The number of benzene rings is 2. The number of halogens is 3. The Balaban J connectivity index is 1.29. The van der Waals surface area contributed by atoms with E-state index in [2.05, 4.69) is 15.3 Å². The molecule has 56 heavy (non-hydrogen) atoms. The molecule has 0 saturated carbocycles. The zero-order valence-electron chi connectivity index (χ0n) is 30.7. The van der Waals surface area contributed by atoms with Crippen molar-refractivity contribution in [2.24, 2.45) is 22.0 Å². The lowest BCUT2D eigenvalue weighted by Gasteiger charge is -2.31. The molecule has 0 fully saturated rings. The van der Waals surface area contributed by atoms with E-state index in [4.69, 9.17) is 26.5 Å². The lowest BCUT2D eigenvalue weighted by molar-refractivity contribution is -0.137. The number of primary amides is 2. The fourth-order valence-electron chi connectivity index (χ4n) is 6.51. The number of sulfone groups is 1. The van der Waals surface area contributed by atoms with E-state index in [-0.39, 0.29) is 63.0 Å². The number of nitrogens with one attached hydrogen (secondary N) is 1. The number of unbranched alkanes of at least 4 members (excludes halogenated alkanes) is 1. The molecule has 304 valence electrons. The van der Waals surface area contributed by atoms with Gasteiger partial charge in [0.25, 0.3) is 0 Å². The van der Waals surface area contributed by atoms with Crippen molar-refractivity contribution in [2.75, 3.05) is 45.3 Å². The second-order valence-electron chi connectivity index (χ2n) is 13.5. The third-order valence-corrected chi connectivity index (χ3v) is 11.3. The highest BCUT2D eigenvalue weighted by molar-refractivity contribution is 7.91. The standard InChI is InChI=1S/C37H46F3N7O8S/c38-37(39,40)26-7-9-28(10-8-26)56(52,53)24-27(48)4-1-2-5-33(49)44-15-3-17-47-31-22-25(34(41)50)6-11-29(31)30-12-13-36(35(42)51,23-32(30)47)14-18-54-20-21-55-19-16-45-46-43/h6-13,22,27,48H,1-5,14-21,23-24H2,(H2,41,50)(H2,42,51)(H,44,49). The Labute approximate surface area is 321 Å². The highest BCUT2D eigenvalue weighted by Gasteiger charge is 2.39. The fraction of sp³-hybridized carbons (Fsp3) is 0.486. The van der Waals surface area contributed by atoms with Gasteiger partial charge in [-0.1, -0.05) is 29.8 Å². The first-order valence-electron chi connectivity index (χ1n) is 18.0. The van der Waals surface area contributed by atoms with Crippen LogP contribution in [0.2, 0.25) is 0 Å². The van der Waals surface area contributed by atoms with Crippen molar-refractivity contribution in [3.63, 3.8) is 0 Å². The Hall–Kier alpha value is -4.94. The summed E-state index contributed by atoms with van der Waals surface area (Å²) in [7, 11) is -4.03. The zero-order chi connectivity index (χ0) is 40.9. The first-order chi connectivity index (χ1) is 26.6. The van der Waals surface area contributed by atoms with Gasteiger partial charge in [-0.25, -0.2) is 8.42 Å². The van der Waals surface area contributed by atoms with Gasteiger partial charge in [0.05, 0.1) is 47.6 Å². The van der Waals surface area contributed by atoms with E-state index < -0.39 is 50.7 Å². The summed E-state index contributed by atoms with van der Waals surface area (Å²) in [5.74, 6) is -2.03. The molecule has 15 nitrogen and oxygen atoms in total. The third-order valence-electron chi connectivity index (χ3n) is 9.53. The molecule has 0 spiro atoms. The minimum absolute atomic E-state index is 0.0776. The molecule has 19 heteroatoms. The lowest BCUT2D eigenvalue weighted by atomic mass is 9.75. The van der Waals surface area contributed by atoms with Gasteiger partial charge in [0.1, 0.15) is 0 Å². The Morgan fingerprint density at radius 1 is 1.04 bits per heavy atom. The number of carbonyl (C=O) groups excluding carboxylic acids is 3. The van der Waals surface area contributed by atoms with Crippen molar-refractivity contribution in [1.29, 1.82) is 0 Å². The van der Waals surface area contributed by atoms with Gasteiger partial charge in [0.15, 0.2) is 9.84 Å². The summed E-state index contributed by atoms with van der Waals surface area (Å²) in [5.41, 5.74) is 20.6. The fourth-order valence-corrected chi connectivity index (χ4v) is 7.92. The van der Waals surface area contributed by atoms with Gasteiger partial charge in [-0.2, -0.15) is 13.2 Å². The first-order valence-corrected chi connectivity index (χ1v) is 19.7. The number of aryl methyl sites for hydroxylation is 1. The summed E-state index contributed by atoms with van der Waals surface area (Å²) in [6.45, 7) is 1.96. The molecule has 0 radical (unpaired) electrons. The van der Waals surface area contributed by atoms with Crippen molar-refractivity contribution in [3.05, 3.63) is 81.4 Å². The van der Waals surface area contributed by atoms with Gasteiger partial charge in [-0.05, 0) is 67.6 Å². The summed E-state index contributed by atoms with van der Waals surface area (Å²) in [5, 5.41) is 17.4. The van der Waals surface area contributed by atoms with E-state index in [0.717, 1.165) is 34.3 Å². The third kappa shape index (κ3) is 11.8. The maximum absolute atomic E-state index is 12.9. The number of nitrogens with zero attached hydrogens (tertiary/aromatic N) is 4. The second kappa shape index (κ2) is 19.8. The number of nitrogens with two attached hydrogens (primary N) is 2. The number of azide groups is 1. The van der Waals surface area contributed by atoms with E-state index in [1.807, 2.05) is 10.6 Å². The SMILES string of the molecule is [N-]=[N+]=NCCOCCOCCC1(C(N)=O)C=Cc2c(n(CCCNC(=O)CCCCC(O)CS(=O)(=O)c3ccc(C(F)(F)F)cc3)c3cc(C(N)=O)ccc23)C1. The largest absolute Gasteiger partial charge is 0.416 e. The molecule has 1 aliphatic carbocycles. The van der Waals surface area contributed by atoms with Crippen LogP contribution >= 0.6 is 0 Å². The van der Waals surface area contributed by atoms with Crippen LogP contribution in [0.1, 0.15) is 65.7 Å². The van der Waals surface area contributed by atoms with Crippen LogP contribution in [0.5, 0.6) is 0 Å². The number of carbonyl (C=O) groups is 3. The Morgan fingerprint density at radius 3 is 2.41 bits per heavy atom. The summed E-state index contributed by atoms with van der Waals surface area (Å²) < 4.78 is 76.6. The molecule has 0 saturated heterocycles. The average Bonchev–Trinajstić information content (AvgIpc) is 3.45. The first kappa shape index (κ1) is 43.8. The number of ether oxygens (including phenoxy) is 2. The van der Waals surface area contributed by atoms with Crippen LogP contribution in [-0.2, 0) is 48.0 Å². The molecule has 3 amide bonds. The zero-order valence-corrected chi connectivity index (χ0v) is 31.5. The topological polar surface area (TPSA) is 242 Å². The second-order valence-corrected chi connectivity index (χ2v) is 15.5. The van der Waals surface area contributed by atoms with Crippen LogP contribution in [0, 0.1) is 5.41 Å². The molecule has 1 aliphatic rings. The number of hydrogen-bond donors (Lipinski definition) is 4. The van der Waals surface area contributed by atoms with Crippen molar-refractivity contribution < 1.29 is 50.6 Å². The number of aromatic nitrogens is 1. The lowest BCUT2D eigenvalue weighted by Crippen LogP contribution is -2.40. The number of aliphatic hydroxyl groups excluding tert-OH is 1. The summed E-state index contributed by atoms with van der Waals surface area (Å²) in [6, 6.07) is 8.22. The predicted molar refractivity (Wildman–Crippen MR) is 201 cm³/mol.